The number of hydrogen-bond donors (Lipinski definition) is 2. The fraction of sp³-hybridized carbons (Fsp3) is 0.300. The van der Waals surface area contributed by atoms with E-state index in [1.165, 1.54) is 0 Å². The van der Waals surface area contributed by atoms with Crippen LogP contribution in [0.1, 0.15) is 24.8 Å². The number of ether oxygens (including phenoxy) is 2. The standard InChI is InChI=1S/C20H22BrN3O4/c21-16-9-11-17(12-10-16)22-19(24-28-18-8-4-5-13-26-18)23-20(25)27-14-15-6-2-1-3-7-15/h1-3,6-7,9-12,18H,4-5,8,13-14H2,(H2,22,23,24,25). The van der Waals surface area contributed by atoms with Crippen molar-refractivity contribution in [2.75, 3.05) is 6.61 Å². The Hall–Kier alpha value is -2.42. The maximum absolute atomic E-state index is 12.2. The third-order valence-corrected chi connectivity index (χ3v) is 4.45. The van der Waals surface area contributed by atoms with E-state index in [9.17, 15) is 4.79 Å². The van der Waals surface area contributed by atoms with Gasteiger partial charge in [0.1, 0.15) is 6.61 Å². The van der Waals surface area contributed by atoms with Gasteiger partial charge >= 0.3 is 6.09 Å². The van der Waals surface area contributed by atoms with E-state index in [0.717, 1.165) is 29.3 Å². The molecule has 0 bridgehead atoms. The molecule has 0 aliphatic carbocycles. The number of aliphatic imine (C=N–C) groups is 1. The average molecular weight is 448 g/mol. The van der Waals surface area contributed by atoms with Crippen LogP contribution in [0, 0.1) is 0 Å². The summed E-state index contributed by atoms with van der Waals surface area (Å²) in [6, 6.07) is 16.8. The van der Waals surface area contributed by atoms with Crippen LogP contribution >= 0.6 is 15.9 Å². The predicted octanol–water partition coefficient (Wildman–Crippen LogP) is 4.41. The van der Waals surface area contributed by atoms with Crippen LogP contribution in [-0.4, -0.2) is 24.9 Å². The number of hydrogen-bond acceptors (Lipinski definition) is 5. The molecule has 8 heteroatoms. The van der Waals surface area contributed by atoms with Gasteiger partial charge in [-0.2, -0.15) is 0 Å². The minimum atomic E-state index is -0.639. The maximum atomic E-state index is 12.2. The molecular weight excluding hydrogens is 426 g/mol. The molecule has 1 unspecified atom stereocenters. The molecule has 1 aliphatic heterocycles. The maximum Gasteiger partial charge on any atom is 0.414 e. The highest BCUT2D eigenvalue weighted by Gasteiger charge is 2.16. The van der Waals surface area contributed by atoms with E-state index in [0.29, 0.717) is 12.3 Å². The molecule has 0 spiro atoms. The fourth-order valence-electron chi connectivity index (χ4n) is 2.50. The molecule has 1 saturated heterocycles. The molecular formula is C20H22BrN3O4. The molecule has 1 amide bonds. The highest BCUT2D eigenvalue weighted by Crippen LogP contribution is 2.17. The first-order valence-electron chi connectivity index (χ1n) is 9.04. The minimum Gasteiger partial charge on any atom is -0.444 e. The van der Waals surface area contributed by atoms with Crippen LogP contribution in [-0.2, 0) is 20.9 Å². The first-order chi connectivity index (χ1) is 13.7. The van der Waals surface area contributed by atoms with Gasteiger partial charge in [0.05, 0.1) is 5.69 Å². The van der Waals surface area contributed by atoms with Crippen molar-refractivity contribution >= 4 is 33.7 Å². The van der Waals surface area contributed by atoms with Gasteiger partial charge in [-0.1, -0.05) is 46.3 Å². The van der Waals surface area contributed by atoms with Crippen molar-refractivity contribution in [3.63, 3.8) is 0 Å². The monoisotopic (exact) mass is 447 g/mol. The zero-order valence-corrected chi connectivity index (χ0v) is 16.9. The lowest BCUT2D eigenvalue weighted by Gasteiger charge is -2.23. The van der Waals surface area contributed by atoms with Crippen molar-refractivity contribution in [1.82, 2.24) is 10.8 Å². The normalized spacial score (nSPS) is 17.0. The Morgan fingerprint density at radius 2 is 1.93 bits per heavy atom. The number of nitrogens with zero attached hydrogens (tertiary/aromatic N) is 1. The average Bonchev–Trinajstić information content (AvgIpc) is 2.74. The number of rotatable bonds is 5. The highest BCUT2D eigenvalue weighted by atomic mass is 79.9. The fourth-order valence-corrected chi connectivity index (χ4v) is 2.77. The molecule has 2 N–H and O–H groups in total. The molecule has 28 heavy (non-hydrogen) atoms. The van der Waals surface area contributed by atoms with Crippen molar-refractivity contribution in [3.05, 3.63) is 64.6 Å². The van der Waals surface area contributed by atoms with Crippen LogP contribution < -0.4 is 10.8 Å². The summed E-state index contributed by atoms with van der Waals surface area (Å²) < 4.78 is 11.7. The number of hydroxylamine groups is 1. The van der Waals surface area contributed by atoms with Crippen molar-refractivity contribution in [1.29, 1.82) is 0 Å². The van der Waals surface area contributed by atoms with E-state index in [4.69, 9.17) is 14.3 Å². The lowest BCUT2D eigenvalue weighted by Crippen LogP contribution is -2.43. The van der Waals surface area contributed by atoms with Crippen LogP contribution in [0.4, 0.5) is 10.5 Å². The van der Waals surface area contributed by atoms with E-state index < -0.39 is 6.09 Å². The molecule has 1 fully saturated rings. The molecule has 1 atom stereocenters. The molecule has 3 rings (SSSR count). The molecule has 1 aliphatic rings. The lowest BCUT2D eigenvalue weighted by atomic mass is 10.2. The molecule has 148 valence electrons. The molecule has 2 aromatic carbocycles. The van der Waals surface area contributed by atoms with E-state index in [1.807, 2.05) is 42.5 Å². The predicted molar refractivity (Wildman–Crippen MR) is 109 cm³/mol. The number of amides is 1. The van der Waals surface area contributed by atoms with E-state index in [-0.39, 0.29) is 18.9 Å². The van der Waals surface area contributed by atoms with Crippen LogP contribution in [0.2, 0.25) is 0 Å². The molecule has 0 aromatic heterocycles. The van der Waals surface area contributed by atoms with Gasteiger partial charge in [-0.3, -0.25) is 5.32 Å². The van der Waals surface area contributed by atoms with E-state index in [2.05, 4.69) is 31.7 Å². The van der Waals surface area contributed by atoms with Gasteiger partial charge in [-0.15, -0.1) is 0 Å². The summed E-state index contributed by atoms with van der Waals surface area (Å²) in [7, 11) is 0. The SMILES string of the molecule is O=C(NC(=Nc1ccc(Br)cc1)NOC1CCCCO1)OCc1ccccc1. The van der Waals surface area contributed by atoms with Crippen molar-refractivity contribution in [2.24, 2.45) is 4.99 Å². The number of benzene rings is 2. The number of halogens is 1. The minimum absolute atomic E-state index is 0.120. The summed E-state index contributed by atoms with van der Waals surface area (Å²) in [5.41, 5.74) is 4.22. The summed E-state index contributed by atoms with van der Waals surface area (Å²) >= 11 is 3.38. The number of carbonyl (C=O) groups excluding carboxylic acids is 1. The molecule has 7 nitrogen and oxygen atoms in total. The second-order valence-corrected chi connectivity index (χ2v) is 7.06. The number of carbonyl (C=O) groups is 1. The molecule has 2 aromatic rings. The topological polar surface area (TPSA) is 81.2 Å². The third kappa shape index (κ3) is 6.95. The summed E-state index contributed by atoms with van der Waals surface area (Å²) in [5.74, 6) is 0.120. The second-order valence-electron chi connectivity index (χ2n) is 6.14. The molecule has 0 saturated carbocycles. The van der Waals surface area contributed by atoms with Gasteiger partial charge in [-0.05, 0) is 42.7 Å². The Morgan fingerprint density at radius 1 is 1.14 bits per heavy atom. The van der Waals surface area contributed by atoms with Gasteiger partial charge in [0.25, 0.3) is 0 Å². The largest absolute Gasteiger partial charge is 0.444 e. The Morgan fingerprint density at radius 3 is 2.64 bits per heavy atom. The number of nitrogens with one attached hydrogen (secondary N) is 2. The van der Waals surface area contributed by atoms with Crippen LogP contribution in [0.25, 0.3) is 0 Å². The zero-order chi connectivity index (χ0) is 19.6. The van der Waals surface area contributed by atoms with Crippen molar-refractivity contribution < 1.29 is 19.1 Å². The lowest BCUT2D eigenvalue weighted by molar-refractivity contribution is -0.183. The highest BCUT2D eigenvalue weighted by molar-refractivity contribution is 9.10. The smallest absolute Gasteiger partial charge is 0.414 e. The Kier molecular flexibility index (Phi) is 7.83. The summed E-state index contributed by atoms with van der Waals surface area (Å²) in [6.45, 7) is 0.808. The van der Waals surface area contributed by atoms with Gasteiger partial charge < -0.3 is 9.47 Å². The van der Waals surface area contributed by atoms with Crippen LogP contribution in [0.3, 0.4) is 0 Å². The van der Waals surface area contributed by atoms with Gasteiger partial charge in [0.2, 0.25) is 5.96 Å². The quantitative estimate of drug-likeness (QED) is 0.403. The zero-order valence-electron chi connectivity index (χ0n) is 15.3. The third-order valence-electron chi connectivity index (χ3n) is 3.93. The van der Waals surface area contributed by atoms with Crippen molar-refractivity contribution in [2.45, 2.75) is 32.2 Å². The van der Waals surface area contributed by atoms with Gasteiger partial charge in [0.15, 0.2) is 6.29 Å². The van der Waals surface area contributed by atoms with Gasteiger partial charge in [-0.25, -0.2) is 20.1 Å². The first kappa shape index (κ1) is 20.3. The summed E-state index contributed by atoms with van der Waals surface area (Å²) in [4.78, 5) is 22.1. The van der Waals surface area contributed by atoms with E-state index in [1.54, 1.807) is 12.1 Å². The molecule has 0 radical (unpaired) electrons. The number of alkyl carbamates (subject to hydrolysis) is 1. The number of guanidine groups is 1. The summed E-state index contributed by atoms with van der Waals surface area (Å²) in [6.07, 6.45) is 1.80. The van der Waals surface area contributed by atoms with Crippen molar-refractivity contribution in [3.8, 4) is 0 Å². The molecule has 1 heterocycles. The van der Waals surface area contributed by atoms with Crippen LogP contribution in [0.15, 0.2) is 64.1 Å². The summed E-state index contributed by atoms with van der Waals surface area (Å²) in [5, 5.41) is 2.58. The first-order valence-corrected chi connectivity index (χ1v) is 9.83. The van der Waals surface area contributed by atoms with Gasteiger partial charge in [0, 0.05) is 17.5 Å². The van der Waals surface area contributed by atoms with Crippen LogP contribution in [0.5, 0.6) is 0 Å². The Bertz CT molecular complexity index is 778. The Labute approximate surface area is 172 Å². The second kappa shape index (κ2) is 10.8. The Balaban J connectivity index is 1.60. The van der Waals surface area contributed by atoms with E-state index >= 15 is 0 Å².